The molecule has 0 bridgehead atoms. The number of hydrogen-bond acceptors (Lipinski definition) is 1. The Hall–Kier alpha value is -6.58. The third-order valence-corrected chi connectivity index (χ3v) is 11.1. The zero-order valence-electron chi connectivity index (χ0n) is 28.8. The minimum Gasteiger partial charge on any atom is -0.455 e. The predicted octanol–water partition coefficient (Wildman–Crippen LogP) is 13.5. The van der Waals surface area contributed by atoms with Crippen LogP contribution in [0.1, 0.15) is 30.5 Å². The molecule has 0 aliphatic heterocycles. The molecule has 52 heavy (non-hydrogen) atoms. The molecule has 0 radical (unpaired) electrons. The maximum Gasteiger partial charge on any atom is 0.143 e. The Labute approximate surface area is 301 Å². The number of allylic oxidation sites excluding steroid dienone is 1. The lowest BCUT2D eigenvalue weighted by Crippen LogP contribution is -2.07. The molecule has 1 atom stereocenters. The molecule has 1 unspecified atom stereocenters. The first-order chi connectivity index (χ1) is 25.7. The average Bonchev–Trinajstić information content (AvgIpc) is 3.86. The number of para-hydroxylation sites is 4. The van der Waals surface area contributed by atoms with E-state index in [4.69, 9.17) is 4.42 Å². The Bertz CT molecular complexity index is 3080. The number of hydrogen-bond donors (Lipinski definition) is 0. The predicted molar refractivity (Wildman–Crippen MR) is 218 cm³/mol. The molecule has 246 valence electrons. The molecule has 0 spiro atoms. The summed E-state index contributed by atoms with van der Waals surface area (Å²) in [6.07, 6.45) is 5.70. The number of furan rings is 1. The van der Waals surface area contributed by atoms with Gasteiger partial charge in [0, 0.05) is 61.0 Å². The van der Waals surface area contributed by atoms with Crippen LogP contribution < -0.4 is 0 Å². The largest absolute Gasteiger partial charge is 0.455 e. The molecule has 7 aromatic carbocycles. The van der Waals surface area contributed by atoms with Gasteiger partial charge in [-0.15, -0.1) is 0 Å². The molecule has 10 aromatic rings. The second kappa shape index (κ2) is 11.2. The molecule has 0 saturated carbocycles. The molecule has 3 aromatic heterocycles. The molecule has 3 nitrogen and oxygen atoms in total. The first-order valence-electron chi connectivity index (χ1n) is 18.2. The van der Waals surface area contributed by atoms with Crippen LogP contribution in [0.3, 0.4) is 0 Å². The van der Waals surface area contributed by atoms with Gasteiger partial charge in [-0.3, -0.25) is 0 Å². The molecular weight excluding hydrogens is 633 g/mol. The molecule has 0 fully saturated rings. The van der Waals surface area contributed by atoms with Gasteiger partial charge in [-0.1, -0.05) is 122 Å². The number of fused-ring (bicyclic) bond motifs is 9. The van der Waals surface area contributed by atoms with E-state index in [1.807, 2.05) is 12.1 Å². The standard InChI is InChI=1S/C49H34N2O/c1-31-12-8-21-41-38-17-2-6-24-45(38)51(48(31)41)36-26-27-46-43(30-36)39-18-3-5-23-44(39)50(46)35-16-10-14-33(29-35)32-13-9-15-34(28-32)37-20-11-22-42-40-19-4-7-25-47(40)52-49(37)42/h2-11,13-31H,12H2,1H3. The second-order valence-electron chi connectivity index (χ2n) is 14.2. The third-order valence-electron chi connectivity index (χ3n) is 11.1. The highest BCUT2D eigenvalue weighted by Gasteiger charge is 2.24. The van der Waals surface area contributed by atoms with Crippen molar-refractivity contribution in [1.82, 2.24) is 9.13 Å². The fourth-order valence-electron chi connectivity index (χ4n) is 8.77. The van der Waals surface area contributed by atoms with E-state index in [-0.39, 0.29) is 0 Å². The van der Waals surface area contributed by atoms with E-state index in [9.17, 15) is 0 Å². The fourth-order valence-corrected chi connectivity index (χ4v) is 8.77. The maximum absolute atomic E-state index is 6.41. The highest BCUT2D eigenvalue weighted by molar-refractivity contribution is 6.11. The van der Waals surface area contributed by atoms with Crippen molar-refractivity contribution in [1.29, 1.82) is 0 Å². The van der Waals surface area contributed by atoms with E-state index in [1.165, 1.54) is 60.8 Å². The zero-order valence-corrected chi connectivity index (χ0v) is 28.8. The van der Waals surface area contributed by atoms with E-state index in [1.54, 1.807) is 0 Å². The van der Waals surface area contributed by atoms with Crippen LogP contribution in [0.15, 0.2) is 168 Å². The molecule has 1 aliphatic carbocycles. The quantitative estimate of drug-likeness (QED) is 0.183. The van der Waals surface area contributed by atoms with Crippen LogP contribution in [-0.4, -0.2) is 9.13 Å². The summed E-state index contributed by atoms with van der Waals surface area (Å²) in [4.78, 5) is 0. The van der Waals surface area contributed by atoms with Gasteiger partial charge in [0.05, 0.1) is 16.6 Å². The van der Waals surface area contributed by atoms with Crippen molar-refractivity contribution in [2.45, 2.75) is 19.3 Å². The topological polar surface area (TPSA) is 23.0 Å². The zero-order chi connectivity index (χ0) is 34.3. The summed E-state index contributed by atoms with van der Waals surface area (Å²) in [7, 11) is 0. The van der Waals surface area contributed by atoms with Crippen molar-refractivity contribution < 1.29 is 4.42 Å². The molecule has 0 amide bonds. The van der Waals surface area contributed by atoms with Gasteiger partial charge >= 0.3 is 0 Å². The minimum absolute atomic E-state index is 0.442. The number of benzene rings is 7. The molecular formula is C49H34N2O. The van der Waals surface area contributed by atoms with Crippen molar-refractivity contribution in [2.24, 2.45) is 0 Å². The Morgan fingerprint density at radius 3 is 2.04 bits per heavy atom. The summed E-state index contributed by atoms with van der Waals surface area (Å²) in [5, 5.41) is 6.12. The van der Waals surface area contributed by atoms with Gasteiger partial charge in [0.1, 0.15) is 11.2 Å². The summed E-state index contributed by atoms with van der Waals surface area (Å²) in [6.45, 7) is 2.35. The summed E-state index contributed by atoms with van der Waals surface area (Å²) in [5.41, 5.74) is 15.2. The van der Waals surface area contributed by atoms with E-state index in [2.05, 4.69) is 174 Å². The summed E-state index contributed by atoms with van der Waals surface area (Å²) in [5.74, 6) is 0.442. The molecule has 11 rings (SSSR count). The van der Waals surface area contributed by atoms with Crippen LogP contribution in [0.5, 0.6) is 0 Å². The highest BCUT2D eigenvalue weighted by atomic mass is 16.3. The monoisotopic (exact) mass is 666 g/mol. The molecule has 0 saturated heterocycles. The van der Waals surface area contributed by atoms with Crippen LogP contribution >= 0.6 is 0 Å². The van der Waals surface area contributed by atoms with Gasteiger partial charge in [-0.25, -0.2) is 0 Å². The number of rotatable bonds is 4. The van der Waals surface area contributed by atoms with Crippen LogP contribution in [0.2, 0.25) is 0 Å². The molecule has 0 N–H and O–H groups in total. The van der Waals surface area contributed by atoms with Crippen LogP contribution in [0.4, 0.5) is 0 Å². The van der Waals surface area contributed by atoms with Gasteiger partial charge in [0.25, 0.3) is 0 Å². The fraction of sp³-hybridized carbons (Fsp3) is 0.0612. The Morgan fingerprint density at radius 2 is 1.15 bits per heavy atom. The summed E-state index contributed by atoms with van der Waals surface area (Å²) in [6, 6.07) is 57.2. The summed E-state index contributed by atoms with van der Waals surface area (Å²) >= 11 is 0. The highest BCUT2D eigenvalue weighted by Crippen LogP contribution is 2.42. The van der Waals surface area contributed by atoms with Crippen molar-refractivity contribution in [2.75, 3.05) is 0 Å². The molecule has 3 heteroatoms. The van der Waals surface area contributed by atoms with Crippen molar-refractivity contribution >= 4 is 60.7 Å². The van der Waals surface area contributed by atoms with Gasteiger partial charge in [-0.05, 0) is 77.7 Å². The molecule has 3 heterocycles. The first kappa shape index (κ1) is 29.2. The van der Waals surface area contributed by atoms with Gasteiger partial charge < -0.3 is 13.6 Å². The Morgan fingerprint density at radius 1 is 0.500 bits per heavy atom. The second-order valence-corrected chi connectivity index (χ2v) is 14.2. The molecule has 1 aliphatic rings. The van der Waals surface area contributed by atoms with Crippen LogP contribution in [-0.2, 0) is 0 Å². The van der Waals surface area contributed by atoms with E-state index >= 15 is 0 Å². The third kappa shape index (κ3) is 4.26. The van der Waals surface area contributed by atoms with E-state index < -0.39 is 0 Å². The Kier molecular flexibility index (Phi) is 6.29. The van der Waals surface area contributed by atoms with Gasteiger partial charge in [0.15, 0.2) is 0 Å². The van der Waals surface area contributed by atoms with E-state index in [0.29, 0.717) is 5.92 Å². The van der Waals surface area contributed by atoms with Gasteiger partial charge in [0.2, 0.25) is 0 Å². The lowest BCUT2D eigenvalue weighted by Gasteiger charge is -2.19. The average molecular weight is 667 g/mol. The number of nitrogens with zero attached hydrogens (tertiary/aromatic N) is 2. The smallest absolute Gasteiger partial charge is 0.143 e. The van der Waals surface area contributed by atoms with Crippen LogP contribution in [0.25, 0.3) is 94.4 Å². The van der Waals surface area contributed by atoms with Gasteiger partial charge in [-0.2, -0.15) is 0 Å². The maximum atomic E-state index is 6.41. The Balaban J connectivity index is 1.05. The lowest BCUT2D eigenvalue weighted by atomic mass is 9.93. The lowest BCUT2D eigenvalue weighted by molar-refractivity contribution is 0.670. The minimum atomic E-state index is 0.442. The SMILES string of the molecule is CC1CC=Cc2c1n(-c1ccc3c(c1)c1ccccc1n3-c1cccc(-c3cccc(-c4cccc5c4oc4ccccc45)c3)c1)c1ccccc21. The van der Waals surface area contributed by atoms with Crippen LogP contribution in [0, 0.1) is 0 Å². The normalized spacial score (nSPS) is 14.3. The van der Waals surface area contributed by atoms with E-state index in [0.717, 1.165) is 45.2 Å². The van der Waals surface area contributed by atoms with Crippen molar-refractivity contribution in [3.63, 3.8) is 0 Å². The number of aromatic nitrogens is 2. The van der Waals surface area contributed by atoms with Crippen molar-refractivity contribution in [3.05, 3.63) is 175 Å². The first-order valence-corrected chi connectivity index (χ1v) is 18.2. The summed E-state index contributed by atoms with van der Waals surface area (Å²) < 4.78 is 11.3. The van der Waals surface area contributed by atoms with Crippen molar-refractivity contribution in [3.8, 4) is 33.6 Å².